The number of hydrogen-bond donors (Lipinski definition) is 4. The van der Waals surface area contributed by atoms with Gasteiger partial charge in [0.25, 0.3) is 0 Å². The lowest BCUT2D eigenvalue weighted by Gasteiger charge is -2.21. The van der Waals surface area contributed by atoms with E-state index in [-0.39, 0.29) is 5.56 Å². The van der Waals surface area contributed by atoms with Gasteiger partial charge in [-0.3, -0.25) is 4.79 Å². The predicted molar refractivity (Wildman–Crippen MR) is 68.8 cm³/mol. The van der Waals surface area contributed by atoms with Crippen molar-refractivity contribution in [2.75, 3.05) is 5.32 Å². The summed E-state index contributed by atoms with van der Waals surface area (Å²) in [5.41, 5.74) is 4.30. The Morgan fingerprint density at radius 2 is 1.89 bits per heavy atom. The molecule has 0 aliphatic carbocycles. The number of rotatable bonds is 4. The Kier molecular flexibility index (Phi) is 4.11. The summed E-state index contributed by atoms with van der Waals surface area (Å²) in [5.74, 6) is -1.77. The van der Waals surface area contributed by atoms with Crippen molar-refractivity contribution < 1.29 is 19.5 Å². The van der Waals surface area contributed by atoms with Gasteiger partial charge in [-0.1, -0.05) is 6.07 Å². The first kappa shape index (κ1) is 14.5. The minimum atomic E-state index is -1.40. The molecule has 0 saturated carbocycles. The van der Waals surface area contributed by atoms with Gasteiger partial charge in [-0.2, -0.15) is 0 Å². The summed E-state index contributed by atoms with van der Waals surface area (Å²) in [4.78, 5) is 33.4. The SMILES string of the molecule is CC(C)(NC(=O)Nc1cccc(C(N)=O)c1)C(=O)O. The topological polar surface area (TPSA) is 122 Å². The standard InChI is InChI=1S/C12H15N3O4/c1-12(2,10(17)18)15-11(19)14-8-5-3-4-7(6-8)9(13)16/h3-6H,1-2H3,(H2,13,16)(H,17,18)(H2,14,15,19). The first-order valence-corrected chi connectivity index (χ1v) is 5.45. The lowest BCUT2D eigenvalue weighted by molar-refractivity contribution is -0.142. The van der Waals surface area contributed by atoms with E-state index in [4.69, 9.17) is 10.8 Å². The number of carboxylic acids is 1. The van der Waals surface area contributed by atoms with Gasteiger partial charge < -0.3 is 21.5 Å². The van der Waals surface area contributed by atoms with Gasteiger partial charge in [-0.25, -0.2) is 9.59 Å². The van der Waals surface area contributed by atoms with E-state index in [1.165, 1.54) is 26.0 Å². The molecule has 7 heteroatoms. The van der Waals surface area contributed by atoms with E-state index < -0.39 is 23.4 Å². The number of hydrogen-bond acceptors (Lipinski definition) is 3. The second kappa shape index (κ2) is 5.38. The highest BCUT2D eigenvalue weighted by Gasteiger charge is 2.28. The molecule has 0 aromatic heterocycles. The van der Waals surface area contributed by atoms with Crippen LogP contribution < -0.4 is 16.4 Å². The number of carbonyl (C=O) groups is 3. The normalized spacial score (nSPS) is 10.6. The average molecular weight is 265 g/mol. The molecule has 7 nitrogen and oxygen atoms in total. The fourth-order valence-corrected chi connectivity index (χ4v) is 1.25. The highest BCUT2D eigenvalue weighted by atomic mass is 16.4. The van der Waals surface area contributed by atoms with Gasteiger partial charge in [0.1, 0.15) is 5.54 Å². The van der Waals surface area contributed by atoms with Crippen LogP contribution in [0.5, 0.6) is 0 Å². The van der Waals surface area contributed by atoms with E-state index in [1.807, 2.05) is 0 Å². The molecule has 0 aliphatic heterocycles. The maximum Gasteiger partial charge on any atom is 0.328 e. The molecule has 102 valence electrons. The Labute approximate surface area is 109 Å². The van der Waals surface area contributed by atoms with Crippen LogP contribution in [0.2, 0.25) is 0 Å². The van der Waals surface area contributed by atoms with Crippen molar-refractivity contribution in [3.63, 3.8) is 0 Å². The second-order valence-electron chi connectivity index (χ2n) is 4.45. The number of anilines is 1. The summed E-state index contributed by atoms with van der Waals surface area (Å²) in [6.45, 7) is 2.71. The Bertz CT molecular complexity index is 525. The van der Waals surface area contributed by atoms with Crippen molar-refractivity contribution in [3.8, 4) is 0 Å². The van der Waals surface area contributed by atoms with Crippen molar-refractivity contribution in [1.82, 2.24) is 5.32 Å². The minimum Gasteiger partial charge on any atom is -0.480 e. The molecule has 1 rings (SSSR count). The van der Waals surface area contributed by atoms with Gasteiger partial charge in [0, 0.05) is 11.3 Å². The molecule has 0 saturated heterocycles. The molecule has 0 spiro atoms. The van der Waals surface area contributed by atoms with Crippen LogP contribution >= 0.6 is 0 Å². The van der Waals surface area contributed by atoms with Crippen LogP contribution in [0.3, 0.4) is 0 Å². The van der Waals surface area contributed by atoms with Gasteiger partial charge in [0.15, 0.2) is 0 Å². The number of carboxylic acid groups (broad SMARTS) is 1. The maximum atomic E-state index is 11.6. The molecule has 1 aromatic rings. The third kappa shape index (κ3) is 3.98. The summed E-state index contributed by atoms with van der Waals surface area (Å²) in [7, 11) is 0. The molecule has 5 N–H and O–H groups in total. The highest BCUT2D eigenvalue weighted by molar-refractivity contribution is 5.97. The van der Waals surface area contributed by atoms with Gasteiger partial charge in [-0.05, 0) is 32.0 Å². The van der Waals surface area contributed by atoms with E-state index in [9.17, 15) is 14.4 Å². The molecule has 1 aromatic carbocycles. The van der Waals surface area contributed by atoms with Crippen LogP contribution in [0, 0.1) is 0 Å². The molecule has 0 heterocycles. The summed E-state index contributed by atoms with van der Waals surface area (Å²) >= 11 is 0. The van der Waals surface area contributed by atoms with E-state index in [0.29, 0.717) is 5.69 Å². The lowest BCUT2D eigenvalue weighted by atomic mass is 10.1. The van der Waals surface area contributed by atoms with Crippen LogP contribution in [-0.2, 0) is 4.79 Å². The van der Waals surface area contributed by atoms with Gasteiger partial charge >= 0.3 is 12.0 Å². The predicted octanol–water partition coefficient (Wildman–Crippen LogP) is 0.770. The molecule has 0 radical (unpaired) electrons. The van der Waals surface area contributed by atoms with Crippen molar-refractivity contribution in [1.29, 1.82) is 0 Å². The van der Waals surface area contributed by atoms with E-state index in [0.717, 1.165) is 0 Å². The van der Waals surface area contributed by atoms with E-state index >= 15 is 0 Å². The van der Waals surface area contributed by atoms with Gasteiger partial charge in [-0.15, -0.1) is 0 Å². The van der Waals surface area contributed by atoms with Crippen molar-refractivity contribution in [3.05, 3.63) is 29.8 Å². The summed E-state index contributed by atoms with van der Waals surface area (Å²) in [6.07, 6.45) is 0. The molecule has 0 atom stereocenters. The molecular weight excluding hydrogens is 250 g/mol. The fraction of sp³-hybridized carbons (Fsp3) is 0.250. The molecule has 0 bridgehead atoms. The van der Waals surface area contributed by atoms with Gasteiger partial charge in [0.2, 0.25) is 5.91 Å². The minimum absolute atomic E-state index is 0.246. The summed E-state index contributed by atoms with van der Waals surface area (Å²) in [6, 6.07) is 5.33. The van der Waals surface area contributed by atoms with E-state index in [1.54, 1.807) is 12.1 Å². The fourth-order valence-electron chi connectivity index (χ4n) is 1.25. The highest BCUT2D eigenvalue weighted by Crippen LogP contribution is 2.10. The van der Waals surface area contributed by atoms with Crippen LogP contribution in [0.25, 0.3) is 0 Å². The first-order chi connectivity index (χ1) is 8.72. The number of primary amides is 1. The Balaban J connectivity index is 2.75. The smallest absolute Gasteiger partial charge is 0.328 e. The summed E-state index contributed by atoms with van der Waals surface area (Å²) < 4.78 is 0. The van der Waals surface area contributed by atoms with Crippen LogP contribution in [0.1, 0.15) is 24.2 Å². The number of aliphatic carboxylic acids is 1. The maximum absolute atomic E-state index is 11.6. The zero-order chi connectivity index (χ0) is 14.6. The Morgan fingerprint density at radius 1 is 1.26 bits per heavy atom. The van der Waals surface area contributed by atoms with E-state index in [2.05, 4.69) is 10.6 Å². The number of nitrogens with one attached hydrogen (secondary N) is 2. The average Bonchev–Trinajstić information content (AvgIpc) is 2.28. The van der Waals surface area contributed by atoms with Crippen LogP contribution in [0.4, 0.5) is 10.5 Å². The number of amides is 3. The molecular formula is C12H15N3O4. The van der Waals surface area contributed by atoms with Crippen molar-refractivity contribution in [2.24, 2.45) is 5.73 Å². The summed E-state index contributed by atoms with van der Waals surface area (Å²) in [5, 5.41) is 13.6. The number of carbonyl (C=O) groups excluding carboxylic acids is 2. The zero-order valence-corrected chi connectivity index (χ0v) is 10.6. The Morgan fingerprint density at radius 3 is 2.42 bits per heavy atom. The third-order valence-electron chi connectivity index (χ3n) is 2.37. The number of benzene rings is 1. The zero-order valence-electron chi connectivity index (χ0n) is 10.6. The second-order valence-corrected chi connectivity index (χ2v) is 4.45. The molecule has 3 amide bonds. The molecule has 19 heavy (non-hydrogen) atoms. The lowest BCUT2D eigenvalue weighted by Crippen LogP contribution is -2.51. The van der Waals surface area contributed by atoms with Crippen LogP contribution in [-0.4, -0.2) is 28.6 Å². The quantitative estimate of drug-likeness (QED) is 0.642. The first-order valence-electron chi connectivity index (χ1n) is 5.45. The van der Waals surface area contributed by atoms with Crippen LogP contribution in [0.15, 0.2) is 24.3 Å². The third-order valence-corrected chi connectivity index (χ3v) is 2.37. The molecule has 0 unspecified atom stereocenters. The largest absolute Gasteiger partial charge is 0.480 e. The van der Waals surface area contributed by atoms with Gasteiger partial charge in [0.05, 0.1) is 0 Å². The number of nitrogens with two attached hydrogens (primary N) is 1. The monoisotopic (exact) mass is 265 g/mol. The van der Waals surface area contributed by atoms with Crippen molar-refractivity contribution in [2.45, 2.75) is 19.4 Å². The van der Waals surface area contributed by atoms with Crippen molar-refractivity contribution >= 4 is 23.6 Å². The molecule has 0 fully saturated rings. The Hall–Kier alpha value is -2.57. The number of urea groups is 1. The molecule has 0 aliphatic rings.